The molecule has 0 saturated heterocycles. The van der Waals surface area contributed by atoms with Gasteiger partial charge in [0.05, 0.1) is 0 Å². The van der Waals surface area contributed by atoms with Crippen LogP contribution in [-0.4, -0.2) is 0 Å². The van der Waals surface area contributed by atoms with Crippen molar-refractivity contribution in [3.8, 4) is 0 Å². The molecule has 18 heavy (non-hydrogen) atoms. The highest BCUT2D eigenvalue weighted by atomic mass is 16.3. The molecule has 0 aromatic heterocycles. The third kappa shape index (κ3) is 3.49. The van der Waals surface area contributed by atoms with Crippen LogP contribution in [0.15, 0.2) is 41.2 Å². The molecule has 1 heteroatoms. The fraction of sp³-hybridized carbons (Fsp3) is 0.412. The maximum absolute atomic E-state index is 12.3. The molecule has 1 rings (SSSR count). The van der Waals surface area contributed by atoms with Crippen molar-refractivity contribution in [3.05, 3.63) is 52.3 Å². The molecular weight excluding hydrogens is 220 g/mol. The van der Waals surface area contributed by atoms with E-state index in [4.69, 9.17) is 0 Å². The number of benzene rings is 1. The second-order valence-electron chi connectivity index (χ2n) is 4.51. The highest BCUT2D eigenvalue weighted by Gasteiger charge is 2.09. The summed E-state index contributed by atoms with van der Waals surface area (Å²) < 4.78 is 0. The molecule has 0 unspecified atom stereocenters. The van der Waals surface area contributed by atoms with E-state index in [1.54, 1.807) is 6.08 Å². The van der Waals surface area contributed by atoms with Gasteiger partial charge in [0.15, 0.2) is 5.76 Å². The average Bonchev–Trinajstić information content (AvgIpc) is 2.38. The second kappa shape index (κ2) is 7.05. The zero-order valence-electron chi connectivity index (χ0n) is 11.9. The fourth-order valence-electron chi connectivity index (χ4n) is 2.25. The smallest absolute Gasteiger partial charge is 0.182 e. The Morgan fingerprint density at radius 3 is 2.17 bits per heavy atom. The molecule has 1 radical (unpaired) electrons. The van der Waals surface area contributed by atoms with Crippen LogP contribution in [0.25, 0.3) is 6.08 Å². The maximum Gasteiger partial charge on any atom is 0.182 e. The van der Waals surface area contributed by atoms with Gasteiger partial charge in [0.2, 0.25) is 0 Å². The summed E-state index contributed by atoms with van der Waals surface area (Å²) in [5.41, 5.74) is 4.45. The van der Waals surface area contributed by atoms with Gasteiger partial charge in [0.25, 0.3) is 0 Å². The first-order chi connectivity index (χ1) is 8.63. The maximum atomic E-state index is 12.3. The van der Waals surface area contributed by atoms with Gasteiger partial charge in [0, 0.05) is 0 Å². The molecule has 0 aliphatic heterocycles. The van der Waals surface area contributed by atoms with Gasteiger partial charge in [-0.2, -0.15) is 0 Å². The molecule has 0 aliphatic carbocycles. The molecule has 0 amide bonds. The number of hydrogen-bond acceptors (Lipinski definition) is 0. The van der Waals surface area contributed by atoms with Gasteiger partial charge in [-0.25, -0.2) is 0 Å². The summed E-state index contributed by atoms with van der Waals surface area (Å²) in [6, 6.07) is 8.01. The summed E-state index contributed by atoms with van der Waals surface area (Å²) in [5, 5.41) is 12.3. The van der Waals surface area contributed by atoms with E-state index in [2.05, 4.69) is 20.8 Å². The van der Waals surface area contributed by atoms with Crippen molar-refractivity contribution >= 4 is 6.08 Å². The Morgan fingerprint density at radius 1 is 1.06 bits per heavy atom. The lowest BCUT2D eigenvalue weighted by molar-refractivity contribution is 0.309. The summed E-state index contributed by atoms with van der Waals surface area (Å²) in [6.07, 6.45) is 4.53. The summed E-state index contributed by atoms with van der Waals surface area (Å²) in [5.74, 6) is 0.172. The molecule has 0 spiro atoms. The van der Waals surface area contributed by atoms with Crippen LogP contribution in [-0.2, 0) is 5.11 Å². The van der Waals surface area contributed by atoms with Gasteiger partial charge in [-0.1, -0.05) is 50.6 Å². The van der Waals surface area contributed by atoms with Gasteiger partial charge in [-0.15, -0.1) is 0 Å². The van der Waals surface area contributed by atoms with Crippen LogP contribution in [0, 0.1) is 6.92 Å². The zero-order valence-corrected chi connectivity index (χ0v) is 11.9. The minimum absolute atomic E-state index is 0.172. The monoisotopic (exact) mass is 243 g/mol. The van der Waals surface area contributed by atoms with Crippen LogP contribution >= 0.6 is 0 Å². The van der Waals surface area contributed by atoms with E-state index < -0.39 is 0 Å². The van der Waals surface area contributed by atoms with Gasteiger partial charge < -0.3 is 0 Å². The first-order valence-corrected chi connectivity index (χ1v) is 6.79. The lowest BCUT2D eigenvalue weighted by atomic mass is 9.97. The molecule has 0 saturated carbocycles. The van der Waals surface area contributed by atoms with Crippen molar-refractivity contribution in [1.82, 2.24) is 0 Å². The van der Waals surface area contributed by atoms with Crippen LogP contribution < -0.4 is 0 Å². The van der Waals surface area contributed by atoms with Crippen LogP contribution in [0.4, 0.5) is 0 Å². The van der Waals surface area contributed by atoms with Gasteiger partial charge in [-0.05, 0) is 49.0 Å². The molecule has 0 heterocycles. The molecule has 1 aromatic rings. The Balaban J connectivity index is 3.16. The zero-order chi connectivity index (χ0) is 13.5. The van der Waals surface area contributed by atoms with Crippen LogP contribution in [0.5, 0.6) is 0 Å². The lowest BCUT2D eigenvalue weighted by Crippen LogP contribution is -1.93. The van der Waals surface area contributed by atoms with E-state index in [0.29, 0.717) is 0 Å². The Labute approximate surface area is 111 Å². The largest absolute Gasteiger partial charge is 0.290 e. The number of hydrogen-bond donors (Lipinski definition) is 0. The van der Waals surface area contributed by atoms with Crippen molar-refractivity contribution in [2.45, 2.75) is 47.0 Å². The predicted molar refractivity (Wildman–Crippen MR) is 77.7 cm³/mol. The topological polar surface area (TPSA) is 19.9 Å². The Kier molecular flexibility index (Phi) is 5.70. The summed E-state index contributed by atoms with van der Waals surface area (Å²) in [4.78, 5) is 0. The predicted octanol–water partition coefficient (Wildman–Crippen LogP) is 5.29. The SMILES string of the molecule is CCC(CC)=C(CC)/C([O])=C\c1ccccc1C. The van der Waals surface area contributed by atoms with E-state index in [0.717, 1.165) is 36.0 Å². The standard InChI is InChI=1S/C17H23O/c1-5-14(6-2)16(7-3)17(18)12-15-11-9-8-10-13(15)4/h8-12H,5-7H2,1-4H3/b17-12+. The summed E-state index contributed by atoms with van der Waals surface area (Å²) in [6.45, 7) is 8.34. The molecular formula is C17H23O. The number of aryl methyl sites for hydroxylation is 1. The third-order valence-electron chi connectivity index (χ3n) is 3.41. The average molecular weight is 243 g/mol. The van der Waals surface area contributed by atoms with Crippen LogP contribution in [0.1, 0.15) is 51.2 Å². The van der Waals surface area contributed by atoms with Crippen molar-refractivity contribution in [3.63, 3.8) is 0 Å². The highest BCUT2D eigenvalue weighted by Crippen LogP contribution is 2.24. The molecule has 0 aliphatic rings. The Hall–Kier alpha value is -1.50. The number of rotatable bonds is 5. The summed E-state index contributed by atoms with van der Waals surface area (Å²) in [7, 11) is 0. The number of allylic oxidation sites excluding steroid dienone is 2. The van der Waals surface area contributed by atoms with Crippen molar-refractivity contribution in [2.75, 3.05) is 0 Å². The Morgan fingerprint density at radius 2 is 1.67 bits per heavy atom. The third-order valence-corrected chi connectivity index (χ3v) is 3.41. The molecule has 1 nitrogen and oxygen atoms in total. The van der Waals surface area contributed by atoms with E-state index in [-0.39, 0.29) is 5.76 Å². The van der Waals surface area contributed by atoms with E-state index >= 15 is 0 Å². The molecule has 0 atom stereocenters. The molecule has 0 fully saturated rings. The van der Waals surface area contributed by atoms with Crippen LogP contribution in [0.3, 0.4) is 0 Å². The Bertz CT molecular complexity index is 446. The quantitative estimate of drug-likeness (QED) is 0.494. The van der Waals surface area contributed by atoms with E-state index in [1.807, 2.05) is 31.2 Å². The first-order valence-electron chi connectivity index (χ1n) is 6.79. The highest BCUT2D eigenvalue weighted by molar-refractivity contribution is 5.59. The van der Waals surface area contributed by atoms with E-state index in [9.17, 15) is 5.11 Å². The first kappa shape index (κ1) is 14.6. The molecule has 0 bridgehead atoms. The van der Waals surface area contributed by atoms with Crippen LogP contribution in [0.2, 0.25) is 0 Å². The van der Waals surface area contributed by atoms with Crippen molar-refractivity contribution in [1.29, 1.82) is 0 Å². The normalized spacial score (nSPS) is 11.4. The minimum atomic E-state index is 0.172. The van der Waals surface area contributed by atoms with Gasteiger partial charge >= 0.3 is 0 Å². The molecule has 0 N–H and O–H groups in total. The van der Waals surface area contributed by atoms with Crippen molar-refractivity contribution in [2.24, 2.45) is 0 Å². The van der Waals surface area contributed by atoms with Crippen molar-refractivity contribution < 1.29 is 5.11 Å². The summed E-state index contributed by atoms with van der Waals surface area (Å²) >= 11 is 0. The van der Waals surface area contributed by atoms with Gasteiger partial charge in [0.1, 0.15) is 0 Å². The molecule has 1 aromatic carbocycles. The minimum Gasteiger partial charge on any atom is -0.290 e. The lowest BCUT2D eigenvalue weighted by Gasteiger charge is -2.09. The van der Waals surface area contributed by atoms with E-state index in [1.165, 1.54) is 5.57 Å². The second-order valence-corrected chi connectivity index (χ2v) is 4.51. The fourth-order valence-corrected chi connectivity index (χ4v) is 2.25. The van der Waals surface area contributed by atoms with Gasteiger partial charge in [-0.3, -0.25) is 5.11 Å². The molecule has 97 valence electrons.